The maximum Gasteiger partial charge on any atom is 0.221 e. The zero-order chi connectivity index (χ0) is 15.3. The summed E-state index contributed by atoms with van der Waals surface area (Å²) in [6.45, 7) is 6.14. The van der Waals surface area contributed by atoms with Crippen molar-refractivity contribution in [2.75, 3.05) is 64.4 Å². The molecule has 21 heavy (non-hydrogen) atoms. The maximum atomic E-state index is 11.8. The van der Waals surface area contributed by atoms with Crippen molar-refractivity contribution >= 4 is 15.7 Å². The Morgan fingerprint density at radius 3 is 2.67 bits per heavy atom. The maximum absolute atomic E-state index is 11.8. The number of amides is 1. The molecule has 0 bridgehead atoms. The van der Waals surface area contributed by atoms with Gasteiger partial charge in [0.05, 0.1) is 11.5 Å². The van der Waals surface area contributed by atoms with Gasteiger partial charge in [0, 0.05) is 58.3 Å². The van der Waals surface area contributed by atoms with Crippen LogP contribution in [0.4, 0.5) is 0 Å². The van der Waals surface area contributed by atoms with Crippen LogP contribution in [0.5, 0.6) is 0 Å². The van der Waals surface area contributed by atoms with E-state index in [0.717, 1.165) is 32.7 Å². The molecule has 0 spiro atoms. The van der Waals surface area contributed by atoms with Crippen molar-refractivity contribution in [1.82, 2.24) is 20.4 Å². The zero-order valence-corrected chi connectivity index (χ0v) is 13.5. The topological polar surface area (TPSA) is 81.8 Å². The van der Waals surface area contributed by atoms with Crippen molar-refractivity contribution in [1.29, 1.82) is 0 Å². The number of hydrogen-bond acceptors (Lipinski definition) is 6. The molecular weight excluding hydrogens is 292 g/mol. The van der Waals surface area contributed by atoms with E-state index < -0.39 is 9.84 Å². The second-order valence-electron chi connectivity index (χ2n) is 5.96. The summed E-state index contributed by atoms with van der Waals surface area (Å²) >= 11 is 0. The SMILES string of the molecule is CN1CCN(CCNC(=O)CC2CS(=O)(=O)CCN2)CC1. The molecule has 0 aromatic heterocycles. The third-order valence-corrected chi connectivity index (χ3v) is 5.82. The van der Waals surface area contributed by atoms with E-state index in [-0.39, 0.29) is 29.9 Å². The fourth-order valence-corrected chi connectivity index (χ4v) is 4.16. The van der Waals surface area contributed by atoms with Crippen LogP contribution in [0.25, 0.3) is 0 Å². The van der Waals surface area contributed by atoms with E-state index in [2.05, 4.69) is 27.5 Å². The zero-order valence-electron chi connectivity index (χ0n) is 12.7. The van der Waals surface area contributed by atoms with Gasteiger partial charge in [-0.15, -0.1) is 0 Å². The molecule has 7 nitrogen and oxygen atoms in total. The Balaban J connectivity index is 1.61. The molecule has 0 saturated carbocycles. The van der Waals surface area contributed by atoms with Crippen molar-refractivity contribution in [3.05, 3.63) is 0 Å². The second-order valence-corrected chi connectivity index (χ2v) is 8.19. The highest BCUT2D eigenvalue weighted by Gasteiger charge is 2.25. The van der Waals surface area contributed by atoms with Gasteiger partial charge in [-0.2, -0.15) is 0 Å². The van der Waals surface area contributed by atoms with Crippen LogP contribution in [-0.4, -0.2) is 94.5 Å². The lowest BCUT2D eigenvalue weighted by Gasteiger charge is -2.32. The first-order valence-corrected chi connectivity index (χ1v) is 9.38. The van der Waals surface area contributed by atoms with Gasteiger partial charge < -0.3 is 15.5 Å². The van der Waals surface area contributed by atoms with Gasteiger partial charge in [-0.25, -0.2) is 8.42 Å². The number of nitrogens with zero attached hydrogens (tertiary/aromatic N) is 2. The van der Waals surface area contributed by atoms with E-state index in [1.54, 1.807) is 0 Å². The lowest BCUT2D eigenvalue weighted by atomic mass is 10.2. The minimum Gasteiger partial charge on any atom is -0.355 e. The number of piperazine rings is 1. The summed E-state index contributed by atoms with van der Waals surface area (Å²) in [5.41, 5.74) is 0. The van der Waals surface area contributed by atoms with Crippen molar-refractivity contribution < 1.29 is 13.2 Å². The average molecular weight is 318 g/mol. The molecule has 0 aliphatic carbocycles. The molecule has 0 radical (unpaired) electrons. The monoisotopic (exact) mass is 318 g/mol. The van der Waals surface area contributed by atoms with Crippen LogP contribution in [-0.2, 0) is 14.6 Å². The van der Waals surface area contributed by atoms with Crippen LogP contribution < -0.4 is 10.6 Å². The highest BCUT2D eigenvalue weighted by molar-refractivity contribution is 7.91. The molecule has 2 rings (SSSR count). The first kappa shape index (κ1) is 16.7. The Kier molecular flexibility index (Phi) is 5.98. The molecule has 0 aromatic rings. The average Bonchev–Trinajstić information content (AvgIpc) is 2.40. The van der Waals surface area contributed by atoms with E-state index in [1.807, 2.05) is 0 Å². The van der Waals surface area contributed by atoms with E-state index in [1.165, 1.54) is 0 Å². The van der Waals surface area contributed by atoms with Gasteiger partial charge >= 0.3 is 0 Å². The predicted octanol–water partition coefficient (Wildman–Crippen LogP) is -1.87. The van der Waals surface area contributed by atoms with E-state index >= 15 is 0 Å². The first-order chi connectivity index (χ1) is 9.94. The number of rotatable bonds is 5. The van der Waals surface area contributed by atoms with Crippen molar-refractivity contribution in [2.45, 2.75) is 12.5 Å². The summed E-state index contributed by atoms with van der Waals surface area (Å²) in [7, 11) is -0.860. The first-order valence-electron chi connectivity index (χ1n) is 7.56. The van der Waals surface area contributed by atoms with Gasteiger partial charge in [0.25, 0.3) is 0 Å². The Hall–Kier alpha value is -0.700. The summed E-state index contributed by atoms with van der Waals surface area (Å²) in [5, 5.41) is 5.98. The molecule has 2 saturated heterocycles. The van der Waals surface area contributed by atoms with E-state index in [0.29, 0.717) is 13.1 Å². The summed E-state index contributed by atoms with van der Waals surface area (Å²) < 4.78 is 23.0. The molecule has 8 heteroatoms. The fourth-order valence-electron chi connectivity index (χ4n) is 2.72. The normalized spacial score (nSPS) is 27.4. The Morgan fingerprint density at radius 2 is 2.00 bits per heavy atom. The third kappa shape index (κ3) is 5.90. The molecule has 2 N–H and O–H groups in total. The third-order valence-electron chi connectivity index (χ3n) is 4.08. The smallest absolute Gasteiger partial charge is 0.221 e. The molecule has 1 unspecified atom stereocenters. The lowest BCUT2D eigenvalue weighted by Crippen LogP contribution is -2.49. The van der Waals surface area contributed by atoms with Crippen molar-refractivity contribution in [3.8, 4) is 0 Å². The highest BCUT2D eigenvalue weighted by atomic mass is 32.2. The van der Waals surface area contributed by atoms with Crippen LogP contribution in [0, 0.1) is 0 Å². The number of carbonyl (C=O) groups excluding carboxylic acids is 1. The summed E-state index contributed by atoms with van der Waals surface area (Å²) in [6.07, 6.45) is 0.238. The van der Waals surface area contributed by atoms with Gasteiger partial charge in [0.15, 0.2) is 9.84 Å². The largest absolute Gasteiger partial charge is 0.355 e. The van der Waals surface area contributed by atoms with Crippen LogP contribution in [0.3, 0.4) is 0 Å². The molecule has 2 heterocycles. The molecule has 2 fully saturated rings. The minimum absolute atomic E-state index is 0.0683. The fraction of sp³-hybridized carbons (Fsp3) is 0.923. The quantitative estimate of drug-likeness (QED) is 0.618. The molecule has 2 aliphatic heterocycles. The van der Waals surface area contributed by atoms with E-state index in [9.17, 15) is 13.2 Å². The number of carbonyl (C=O) groups is 1. The standard InChI is InChI=1S/C13H26N4O3S/c1-16-5-7-17(8-6-16)4-2-15-13(18)10-12-11-21(19,20)9-3-14-12/h12,14H,2-11H2,1H3,(H,15,18). The van der Waals surface area contributed by atoms with Crippen LogP contribution >= 0.6 is 0 Å². The van der Waals surface area contributed by atoms with Gasteiger partial charge in [-0.3, -0.25) is 9.69 Å². The molecule has 0 aromatic carbocycles. The van der Waals surface area contributed by atoms with E-state index in [4.69, 9.17) is 0 Å². The van der Waals surface area contributed by atoms with Crippen LogP contribution in [0.1, 0.15) is 6.42 Å². The van der Waals surface area contributed by atoms with Crippen LogP contribution in [0.2, 0.25) is 0 Å². The second kappa shape index (κ2) is 7.53. The van der Waals surface area contributed by atoms with Crippen LogP contribution in [0.15, 0.2) is 0 Å². The summed E-state index contributed by atoms with van der Waals surface area (Å²) in [5.74, 6) is 0.173. The van der Waals surface area contributed by atoms with Gasteiger partial charge in [0.1, 0.15) is 0 Å². The molecular formula is C13H26N4O3S. The molecule has 1 atom stereocenters. The Bertz CT molecular complexity index is 446. The number of nitrogens with one attached hydrogen (secondary N) is 2. The minimum atomic E-state index is -2.98. The summed E-state index contributed by atoms with van der Waals surface area (Å²) in [4.78, 5) is 16.5. The lowest BCUT2D eigenvalue weighted by molar-refractivity contribution is -0.121. The predicted molar refractivity (Wildman–Crippen MR) is 82.0 cm³/mol. The van der Waals surface area contributed by atoms with Crippen molar-refractivity contribution in [2.24, 2.45) is 0 Å². The Morgan fingerprint density at radius 1 is 1.29 bits per heavy atom. The number of sulfone groups is 1. The van der Waals surface area contributed by atoms with Gasteiger partial charge in [0.2, 0.25) is 5.91 Å². The molecule has 122 valence electrons. The molecule has 1 amide bonds. The van der Waals surface area contributed by atoms with Crippen molar-refractivity contribution in [3.63, 3.8) is 0 Å². The molecule has 2 aliphatic rings. The Labute approximate surface area is 127 Å². The highest BCUT2D eigenvalue weighted by Crippen LogP contribution is 2.04. The van der Waals surface area contributed by atoms with Gasteiger partial charge in [-0.1, -0.05) is 0 Å². The van der Waals surface area contributed by atoms with Gasteiger partial charge in [-0.05, 0) is 7.05 Å². The number of hydrogen-bond donors (Lipinski definition) is 2. The number of likely N-dealkylation sites (N-methyl/N-ethyl adjacent to an activating group) is 1. The summed E-state index contributed by atoms with van der Waals surface area (Å²) in [6, 6.07) is -0.243.